The van der Waals surface area contributed by atoms with Gasteiger partial charge in [-0.05, 0) is 68.3 Å². The van der Waals surface area contributed by atoms with Crippen molar-refractivity contribution in [1.29, 1.82) is 0 Å². The average molecular weight is 409 g/mol. The molecule has 0 spiro atoms. The van der Waals surface area contributed by atoms with Gasteiger partial charge in [-0.15, -0.1) is 0 Å². The molecule has 2 aliphatic rings. The Hall–Kier alpha value is -0.770. The van der Waals surface area contributed by atoms with Crippen LogP contribution in [0.1, 0.15) is 24.8 Å². The topological polar surface area (TPSA) is 49.4 Å². The number of sulfonamides is 1. The molecular weight excluding hydrogens is 385 g/mol. The molecule has 2 aliphatic heterocycles. The Morgan fingerprint density at radius 2 is 1.77 bits per heavy atom. The summed E-state index contributed by atoms with van der Waals surface area (Å²) in [7, 11) is -3.79. The van der Waals surface area contributed by atoms with Crippen molar-refractivity contribution in [2.45, 2.75) is 36.4 Å². The van der Waals surface area contributed by atoms with E-state index in [2.05, 4.69) is 9.62 Å². The second kappa shape index (κ2) is 8.08. The summed E-state index contributed by atoms with van der Waals surface area (Å²) in [4.78, 5) is 2.37. The number of benzene rings is 1. The molecule has 3 rings (SSSR count). The standard InChI is InChI=1S/C17H23F3N2O2S2/c18-17(19,20)14-1-3-16(4-2-14)26(23,24)21-11-13-5-8-22(9-6-13)15-7-10-25-12-15/h1-4,13,15,21H,5-12H2/t15-/m1/s1. The zero-order valence-corrected chi connectivity index (χ0v) is 16.0. The van der Waals surface area contributed by atoms with Crippen LogP contribution in [-0.2, 0) is 16.2 Å². The van der Waals surface area contributed by atoms with Crippen LogP contribution in [-0.4, -0.2) is 50.5 Å². The molecule has 0 unspecified atom stereocenters. The summed E-state index contributed by atoms with van der Waals surface area (Å²) >= 11 is 1.99. The van der Waals surface area contributed by atoms with Crippen molar-refractivity contribution in [3.05, 3.63) is 29.8 Å². The van der Waals surface area contributed by atoms with Crippen molar-refractivity contribution >= 4 is 21.8 Å². The Morgan fingerprint density at radius 3 is 2.31 bits per heavy atom. The number of hydrogen-bond acceptors (Lipinski definition) is 4. The van der Waals surface area contributed by atoms with Gasteiger partial charge in [0.05, 0.1) is 10.5 Å². The van der Waals surface area contributed by atoms with Crippen LogP contribution >= 0.6 is 11.8 Å². The van der Waals surface area contributed by atoms with Crippen LogP contribution in [0.4, 0.5) is 13.2 Å². The predicted octanol–water partition coefficient (Wildman–Crippen LogP) is 3.20. The highest BCUT2D eigenvalue weighted by atomic mass is 32.2. The maximum Gasteiger partial charge on any atom is 0.416 e. The van der Waals surface area contributed by atoms with E-state index in [0.717, 1.165) is 50.2 Å². The largest absolute Gasteiger partial charge is 0.416 e. The van der Waals surface area contributed by atoms with Crippen molar-refractivity contribution in [3.63, 3.8) is 0 Å². The Labute approximate surface area is 156 Å². The van der Waals surface area contributed by atoms with Crippen molar-refractivity contribution in [3.8, 4) is 0 Å². The quantitative estimate of drug-likeness (QED) is 0.813. The van der Waals surface area contributed by atoms with Gasteiger partial charge in [-0.1, -0.05) is 0 Å². The van der Waals surface area contributed by atoms with Crippen LogP contribution in [0.3, 0.4) is 0 Å². The molecular formula is C17H23F3N2O2S2. The maximum absolute atomic E-state index is 12.6. The smallest absolute Gasteiger partial charge is 0.300 e. The first-order valence-corrected chi connectivity index (χ1v) is 11.4. The minimum atomic E-state index is -4.47. The summed E-state index contributed by atoms with van der Waals surface area (Å²) in [6.45, 7) is 2.30. The van der Waals surface area contributed by atoms with E-state index < -0.39 is 21.8 Å². The molecule has 26 heavy (non-hydrogen) atoms. The van der Waals surface area contributed by atoms with Crippen LogP contribution in [0.15, 0.2) is 29.2 Å². The van der Waals surface area contributed by atoms with E-state index >= 15 is 0 Å². The lowest BCUT2D eigenvalue weighted by Gasteiger charge is -2.35. The number of hydrogen-bond donors (Lipinski definition) is 1. The Morgan fingerprint density at radius 1 is 1.12 bits per heavy atom. The molecule has 4 nitrogen and oxygen atoms in total. The molecule has 2 heterocycles. The zero-order chi connectivity index (χ0) is 18.8. The normalized spacial score (nSPS) is 23.4. The summed E-state index contributed by atoms with van der Waals surface area (Å²) < 4.78 is 64.9. The monoisotopic (exact) mass is 408 g/mol. The third-order valence-corrected chi connectivity index (χ3v) is 7.71. The van der Waals surface area contributed by atoms with Crippen molar-refractivity contribution in [2.24, 2.45) is 5.92 Å². The fraction of sp³-hybridized carbons (Fsp3) is 0.647. The molecule has 0 aliphatic carbocycles. The number of alkyl halides is 3. The number of nitrogens with zero attached hydrogens (tertiary/aromatic N) is 1. The lowest BCUT2D eigenvalue weighted by molar-refractivity contribution is -0.137. The van der Waals surface area contributed by atoms with E-state index in [-0.39, 0.29) is 10.8 Å². The molecule has 0 saturated carbocycles. The van der Waals surface area contributed by atoms with Gasteiger partial charge in [0, 0.05) is 18.3 Å². The van der Waals surface area contributed by atoms with Gasteiger partial charge in [0.2, 0.25) is 10.0 Å². The molecule has 2 saturated heterocycles. The summed E-state index contributed by atoms with van der Waals surface area (Å²) in [6.07, 6.45) is -1.36. The highest BCUT2D eigenvalue weighted by Crippen LogP contribution is 2.30. The van der Waals surface area contributed by atoms with E-state index in [1.165, 1.54) is 17.9 Å². The van der Waals surface area contributed by atoms with Gasteiger partial charge in [-0.2, -0.15) is 24.9 Å². The molecule has 1 aromatic carbocycles. The summed E-state index contributed by atoms with van der Waals surface area (Å²) in [5.41, 5.74) is -0.853. The van der Waals surface area contributed by atoms with E-state index in [0.29, 0.717) is 12.6 Å². The number of piperidine rings is 1. The number of halogens is 3. The van der Waals surface area contributed by atoms with E-state index in [1.54, 1.807) is 0 Å². The minimum Gasteiger partial charge on any atom is -0.300 e. The molecule has 0 radical (unpaired) electrons. The molecule has 2 fully saturated rings. The molecule has 1 N–H and O–H groups in total. The summed E-state index contributed by atoms with van der Waals surface area (Å²) in [5.74, 6) is 2.67. The van der Waals surface area contributed by atoms with Gasteiger partial charge in [-0.3, -0.25) is 4.90 Å². The Bertz CT molecular complexity index is 694. The Balaban J connectivity index is 1.51. The summed E-state index contributed by atoms with van der Waals surface area (Å²) in [5, 5.41) is 0. The molecule has 1 aromatic rings. The highest BCUT2D eigenvalue weighted by Gasteiger charge is 2.31. The van der Waals surface area contributed by atoms with Crippen LogP contribution in [0.25, 0.3) is 0 Å². The van der Waals surface area contributed by atoms with Crippen molar-refractivity contribution in [2.75, 3.05) is 31.1 Å². The lowest BCUT2D eigenvalue weighted by atomic mass is 9.96. The van der Waals surface area contributed by atoms with E-state index in [1.807, 2.05) is 11.8 Å². The maximum atomic E-state index is 12.6. The first-order chi connectivity index (χ1) is 12.3. The second-order valence-corrected chi connectivity index (χ2v) is 9.79. The molecule has 0 amide bonds. The molecule has 0 bridgehead atoms. The number of thioether (sulfide) groups is 1. The third kappa shape index (κ3) is 4.94. The SMILES string of the molecule is O=S(=O)(NCC1CCN([C@@H]2CCSC2)CC1)c1ccc(C(F)(F)F)cc1. The molecule has 0 aromatic heterocycles. The highest BCUT2D eigenvalue weighted by molar-refractivity contribution is 7.99. The first-order valence-electron chi connectivity index (χ1n) is 8.74. The van der Waals surface area contributed by atoms with E-state index in [4.69, 9.17) is 0 Å². The minimum absolute atomic E-state index is 0.133. The predicted molar refractivity (Wildman–Crippen MR) is 96.7 cm³/mol. The third-order valence-electron chi connectivity index (χ3n) is 5.13. The van der Waals surface area contributed by atoms with Crippen molar-refractivity contribution < 1.29 is 21.6 Å². The van der Waals surface area contributed by atoms with Gasteiger partial charge < -0.3 is 0 Å². The molecule has 9 heteroatoms. The van der Waals surface area contributed by atoms with Gasteiger partial charge in [0.1, 0.15) is 0 Å². The number of likely N-dealkylation sites (tertiary alicyclic amines) is 1. The van der Waals surface area contributed by atoms with Gasteiger partial charge in [0.25, 0.3) is 0 Å². The van der Waals surface area contributed by atoms with Gasteiger partial charge >= 0.3 is 6.18 Å². The van der Waals surface area contributed by atoms with Crippen molar-refractivity contribution in [1.82, 2.24) is 9.62 Å². The van der Waals surface area contributed by atoms with Gasteiger partial charge in [-0.25, -0.2) is 13.1 Å². The molecule has 146 valence electrons. The number of nitrogens with one attached hydrogen (secondary N) is 1. The number of rotatable bonds is 5. The Kier molecular flexibility index (Phi) is 6.21. The fourth-order valence-electron chi connectivity index (χ4n) is 3.47. The van der Waals surface area contributed by atoms with E-state index in [9.17, 15) is 21.6 Å². The first kappa shape index (κ1) is 20.0. The fourth-order valence-corrected chi connectivity index (χ4v) is 5.84. The van der Waals surface area contributed by atoms with Crippen LogP contribution in [0.2, 0.25) is 0 Å². The second-order valence-electron chi connectivity index (χ2n) is 6.87. The zero-order valence-electron chi connectivity index (χ0n) is 14.3. The lowest BCUT2D eigenvalue weighted by Crippen LogP contribution is -2.43. The van der Waals surface area contributed by atoms with Crippen LogP contribution in [0, 0.1) is 5.92 Å². The summed E-state index contributed by atoms with van der Waals surface area (Å²) in [6, 6.07) is 4.26. The average Bonchev–Trinajstić information content (AvgIpc) is 3.14. The van der Waals surface area contributed by atoms with Crippen LogP contribution < -0.4 is 4.72 Å². The molecule has 1 atom stereocenters. The van der Waals surface area contributed by atoms with Crippen LogP contribution in [0.5, 0.6) is 0 Å². The van der Waals surface area contributed by atoms with Gasteiger partial charge in [0.15, 0.2) is 0 Å².